The van der Waals surface area contributed by atoms with Gasteiger partial charge in [0.2, 0.25) is 0 Å². The molecule has 2 aromatic heterocycles. The van der Waals surface area contributed by atoms with E-state index >= 15 is 0 Å². The van der Waals surface area contributed by atoms with Crippen molar-refractivity contribution in [1.29, 1.82) is 0 Å². The minimum atomic E-state index is 0.619. The zero-order chi connectivity index (χ0) is 33.7. The molecule has 2 heterocycles. The van der Waals surface area contributed by atoms with E-state index in [1.165, 1.54) is 32.3 Å². The molecule has 0 unspecified atom stereocenters. The van der Waals surface area contributed by atoms with Crippen LogP contribution in [0.3, 0.4) is 0 Å². The Hall–Kier alpha value is -6.91. The molecule has 0 bridgehead atoms. The van der Waals surface area contributed by atoms with Gasteiger partial charge < -0.3 is 4.57 Å². The minimum absolute atomic E-state index is 0.619. The van der Waals surface area contributed by atoms with Crippen LogP contribution in [0.5, 0.6) is 0 Å². The van der Waals surface area contributed by atoms with Gasteiger partial charge >= 0.3 is 0 Å². The van der Waals surface area contributed by atoms with Gasteiger partial charge in [-0.2, -0.15) is 0 Å². The molecule has 0 fully saturated rings. The van der Waals surface area contributed by atoms with E-state index in [1.54, 1.807) is 0 Å². The number of fused-ring (bicyclic) bond motifs is 6. The van der Waals surface area contributed by atoms with Crippen molar-refractivity contribution in [2.45, 2.75) is 0 Å². The number of benzene rings is 8. The molecule has 0 atom stereocenters. The van der Waals surface area contributed by atoms with Crippen LogP contribution in [0.4, 0.5) is 0 Å². The van der Waals surface area contributed by atoms with Crippen molar-refractivity contribution in [2.24, 2.45) is 0 Å². The largest absolute Gasteiger partial charge is 0.308 e. The van der Waals surface area contributed by atoms with Crippen molar-refractivity contribution in [3.05, 3.63) is 182 Å². The first-order valence-corrected chi connectivity index (χ1v) is 17.2. The molecule has 8 aromatic carbocycles. The molecule has 0 aliphatic heterocycles. The first-order chi connectivity index (χ1) is 25.3. The van der Waals surface area contributed by atoms with Crippen LogP contribution >= 0.6 is 0 Å². The van der Waals surface area contributed by atoms with Crippen LogP contribution in [0.15, 0.2) is 182 Å². The molecule has 0 N–H and O–H groups in total. The SMILES string of the molecule is c1ccc(-c2ccc(-c3nc(-c4ccccc4)nc(-c4ccccc4)n3)c(-n3c4cc5ccccc5cc4c4ccc5ccccc5c43)c2)cc1. The van der Waals surface area contributed by atoms with E-state index in [4.69, 9.17) is 15.0 Å². The molecule has 0 spiro atoms. The van der Waals surface area contributed by atoms with Crippen LogP contribution in [0, 0.1) is 0 Å². The number of hydrogen-bond donors (Lipinski definition) is 0. The van der Waals surface area contributed by atoms with E-state index in [2.05, 4.69) is 150 Å². The van der Waals surface area contributed by atoms with E-state index in [-0.39, 0.29) is 0 Å². The molecular formula is C47H30N4. The maximum absolute atomic E-state index is 5.21. The summed E-state index contributed by atoms with van der Waals surface area (Å²) in [5, 5.41) is 7.20. The summed E-state index contributed by atoms with van der Waals surface area (Å²) < 4.78 is 2.44. The molecule has 0 saturated heterocycles. The maximum atomic E-state index is 5.21. The van der Waals surface area contributed by atoms with Crippen molar-refractivity contribution in [3.8, 4) is 51.0 Å². The highest BCUT2D eigenvalue weighted by molar-refractivity contribution is 6.21. The molecular weight excluding hydrogens is 621 g/mol. The van der Waals surface area contributed by atoms with Crippen LogP contribution in [-0.2, 0) is 0 Å². The number of nitrogens with zero attached hydrogens (tertiary/aromatic N) is 4. The Morgan fingerprint density at radius 2 is 0.882 bits per heavy atom. The Morgan fingerprint density at radius 3 is 1.55 bits per heavy atom. The first-order valence-electron chi connectivity index (χ1n) is 17.2. The van der Waals surface area contributed by atoms with Gasteiger partial charge in [0.15, 0.2) is 17.5 Å². The summed E-state index contributed by atoms with van der Waals surface area (Å²) in [6.45, 7) is 0. The molecule has 10 aromatic rings. The van der Waals surface area contributed by atoms with E-state index in [0.717, 1.165) is 44.5 Å². The van der Waals surface area contributed by atoms with Gasteiger partial charge in [0.05, 0.1) is 16.7 Å². The predicted octanol–water partition coefficient (Wildman–Crippen LogP) is 11.9. The van der Waals surface area contributed by atoms with Crippen molar-refractivity contribution in [2.75, 3.05) is 0 Å². The monoisotopic (exact) mass is 650 g/mol. The highest BCUT2D eigenvalue weighted by atomic mass is 15.1. The fraction of sp³-hybridized carbons (Fsp3) is 0. The molecule has 0 radical (unpaired) electrons. The lowest BCUT2D eigenvalue weighted by Gasteiger charge is -2.17. The fourth-order valence-corrected chi connectivity index (χ4v) is 7.36. The predicted molar refractivity (Wildman–Crippen MR) is 211 cm³/mol. The molecule has 238 valence electrons. The normalized spacial score (nSPS) is 11.5. The van der Waals surface area contributed by atoms with Gasteiger partial charge in [-0.1, -0.05) is 158 Å². The van der Waals surface area contributed by atoms with Gasteiger partial charge in [-0.05, 0) is 51.6 Å². The summed E-state index contributed by atoms with van der Waals surface area (Å²) in [4.78, 5) is 15.4. The topological polar surface area (TPSA) is 43.6 Å². The van der Waals surface area contributed by atoms with Gasteiger partial charge in [0.25, 0.3) is 0 Å². The van der Waals surface area contributed by atoms with Crippen LogP contribution < -0.4 is 0 Å². The second-order valence-corrected chi connectivity index (χ2v) is 12.9. The number of hydrogen-bond acceptors (Lipinski definition) is 3. The van der Waals surface area contributed by atoms with Gasteiger partial charge in [0.1, 0.15) is 0 Å². The van der Waals surface area contributed by atoms with Gasteiger partial charge in [-0.3, -0.25) is 0 Å². The third-order valence-corrected chi connectivity index (χ3v) is 9.81. The maximum Gasteiger partial charge on any atom is 0.166 e. The summed E-state index contributed by atoms with van der Waals surface area (Å²) in [6, 6.07) is 64.0. The molecule has 0 amide bonds. The first kappa shape index (κ1) is 29.0. The Labute approximate surface area is 295 Å². The molecule has 51 heavy (non-hydrogen) atoms. The third kappa shape index (κ3) is 4.96. The molecule has 4 nitrogen and oxygen atoms in total. The molecule has 0 aliphatic carbocycles. The summed E-state index contributed by atoms with van der Waals surface area (Å²) >= 11 is 0. The lowest BCUT2D eigenvalue weighted by molar-refractivity contribution is 1.06. The minimum Gasteiger partial charge on any atom is -0.308 e. The molecule has 10 rings (SSSR count). The van der Waals surface area contributed by atoms with Crippen LogP contribution in [0.25, 0.3) is 94.3 Å². The smallest absolute Gasteiger partial charge is 0.166 e. The highest BCUT2D eigenvalue weighted by Gasteiger charge is 2.22. The second-order valence-electron chi connectivity index (χ2n) is 12.9. The quantitative estimate of drug-likeness (QED) is 0.186. The zero-order valence-corrected chi connectivity index (χ0v) is 27.6. The third-order valence-electron chi connectivity index (χ3n) is 9.81. The standard InChI is InChI=1S/C47H30N4/c1-4-14-31(15-5-1)37-25-27-40(47-49-45(33-17-6-2-7-18-33)48-46(50-47)34-19-8-3-9-20-34)42(30-37)51-43-29-36-22-11-10-21-35(36)28-41(43)39-26-24-32-16-12-13-23-38(32)44(39)51/h1-30H. The average Bonchev–Trinajstić information content (AvgIpc) is 3.54. The van der Waals surface area contributed by atoms with Gasteiger partial charge in [-0.15, -0.1) is 0 Å². The summed E-state index contributed by atoms with van der Waals surface area (Å²) in [6.07, 6.45) is 0. The second kappa shape index (κ2) is 11.9. The lowest BCUT2D eigenvalue weighted by atomic mass is 10.0. The zero-order valence-electron chi connectivity index (χ0n) is 27.6. The van der Waals surface area contributed by atoms with Crippen LogP contribution in [-0.4, -0.2) is 19.5 Å². The Balaban J connectivity index is 1.35. The van der Waals surface area contributed by atoms with Crippen molar-refractivity contribution < 1.29 is 0 Å². The van der Waals surface area contributed by atoms with Crippen molar-refractivity contribution >= 4 is 43.4 Å². The van der Waals surface area contributed by atoms with Crippen molar-refractivity contribution in [3.63, 3.8) is 0 Å². The van der Waals surface area contributed by atoms with E-state index in [9.17, 15) is 0 Å². The average molecular weight is 651 g/mol. The molecule has 0 aliphatic rings. The Bertz CT molecular complexity index is 2840. The highest BCUT2D eigenvalue weighted by Crippen LogP contribution is 2.42. The van der Waals surface area contributed by atoms with Gasteiger partial charge in [0, 0.05) is 32.8 Å². The van der Waals surface area contributed by atoms with E-state index in [0.29, 0.717) is 17.5 Å². The summed E-state index contributed by atoms with van der Waals surface area (Å²) in [5.74, 6) is 1.89. The Kier molecular flexibility index (Phi) is 6.78. The Morgan fingerprint density at radius 1 is 0.333 bits per heavy atom. The molecule has 0 saturated carbocycles. The summed E-state index contributed by atoms with van der Waals surface area (Å²) in [5.41, 5.74) is 8.36. The summed E-state index contributed by atoms with van der Waals surface area (Å²) in [7, 11) is 0. The van der Waals surface area contributed by atoms with Crippen LogP contribution in [0.2, 0.25) is 0 Å². The number of rotatable bonds is 5. The van der Waals surface area contributed by atoms with E-state index in [1.807, 2.05) is 36.4 Å². The lowest BCUT2D eigenvalue weighted by Crippen LogP contribution is -2.04. The van der Waals surface area contributed by atoms with E-state index < -0.39 is 0 Å². The van der Waals surface area contributed by atoms with Gasteiger partial charge in [-0.25, -0.2) is 15.0 Å². The van der Waals surface area contributed by atoms with Crippen molar-refractivity contribution in [1.82, 2.24) is 19.5 Å². The number of aromatic nitrogens is 4. The fourth-order valence-electron chi connectivity index (χ4n) is 7.36. The molecule has 4 heteroatoms. The van der Waals surface area contributed by atoms with Crippen LogP contribution in [0.1, 0.15) is 0 Å².